The average Bonchev–Trinajstić information content (AvgIpc) is 3.31. The number of hydrogen-bond donors (Lipinski definition) is 0. The van der Waals surface area contributed by atoms with Gasteiger partial charge in [0.05, 0.1) is 29.7 Å². The van der Waals surface area contributed by atoms with E-state index < -0.39 is 0 Å². The Morgan fingerprint density at radius 1 is 1.27 bits per heavy atom. The lowest BCUT2D eigenvalue weighted by molar-refractivity contribution is -0.0123. The van der Waals surface area contributed by atoms with Gasteiger partial charge in [0, 0.05) is 19.3 Å². The van der Waals surface area contributed by atoms with Crippen LogP contribution in [0.2, 0.25) is 0 Å². The molecule has 0 saturated carbocycles. The number of aromatic nitrogens is 2. The Hall–Kier alpha value is -2.44. The first kappa shape index (κ1) is 17.0. The summed E-state index contributed by atoms with van der Waals surface area (Å²) < 4.78 is 7.43. The first-order valence-electron chi connectivity index (χ1n) is 8.77. The van der Waals surface area contributed by atoms with Gasteiger partial charge < -0.3 is 9.64 Å². The third-order valence-electron chi connectivity index (χ3n) is 4.46. The first-order valence-corrected chi connectivity index (χ1v) is 9.65. The molecule has 3 aromatic rings. The summed E-state index contributed by atoms with van der Waals surface area (Å²) in [5, 5.41) is 6.74. The topological polar surface area (TPSA) is 47.4 Å². The largest absolute Gasteiger partial charge is 0.375 e. The lowest BCUT2D eigenvalue weighted by atomic mass is 10.1. The summed E-state index contributed by atoms with van der Waals surface area (Å²) in [7, 11) is 0. The number of benzene rings is 1. The minimum atomic E-state index is 0.0304. The highest BCUT2D eigenvalue weighted by Crippen LogP contribution is 2.28. The van der Waals surface area contributed by atoms with E-state index in [-0.39, 0.29) is 12.0 Å². The average molecular weight is 367 g/mol. The monoisotopic (exact) mass is 367 g/mol. The standard InChI is InChI=1S/C20H21N3O2S/c1-15-12-22(9-10-25-15)20(24)17-14-23(13-16-6-3-2-4-7-16)21-19(17)18-8-5-11-26-18/h2-8,11,14-15H,9-10,12-13H2,1H3. The molecule has 4 rings (SSSR count). The van der Waals surface area contributed by atoms with Gasteiger partial charge in [-0.3, -0.25) is 9.48 Å². The lowest BCUT2D eigenvalue weighted by Gasteiger charge is -2.31. The molecule has 0 aliphatic carbocycles. The van der Waals surface area contributed by atoms with E-state index in [0.29, 0.717) is 31.8 Å². The van der Waals surface area contributed by atoms with Crippen LogP contribution >= 0.6 is 11.3 Å². The zero-order chi connectivity index (χ0) is 17.9. The quantitative estimate of drug-likeness (QED) is 0.709. The third kappa shape index (κ3) is 3.57. The van der Waals surface area contributed by atoms with Crippen molar-refractivity contribution in [2.75, 3.05) is 19.7 Å². The number of carbonyl (C=O) groups excluding carboxylic acids is 1. The minimum Gasteiger partial charge on any atom is -0.375 e. The molecule has 1 atom stereocenters. The van der Waals surface area contributed by atoms with E-state index in [2.05, 4.69) is 12.1 Å². The Balaban J connectivity index is 1.66. The fraction of sp³-hybridized carbons (Fsp3) is 0.300. The summed E-state index contributed by atoms with van der Waals surface area (Å²) >= 11 is 1.60. The molecular formula is C20H21N3O2S. The van der Waals surface area contributed by atoms with Gasteiger partial charge in [0.25, 0.3) is 5.91 Å². The highest BCUT2D eigenvalue weighted by molar-refractivity contribution is 7.13. The van der Waals surface area contributed by atoms with Crippen molar-refractivity contribution in [2.24, 2.45) is 0 Å². The van der Waals surface area contributed by atoms with Gasteiger partial charge in [-0.25, -0.2) is 0 Å². The molecule has 134 valence electrons. The van der Waals surface area contributed by atoms with Crippen LogP contribution in [0.1, 0.15) is 22.8 Å². The zero-order valence-corrected chi connectivity index (χ0v) is 15.5. The predicted molar refractivity (Wildman–Crippen MR) is 102 cm³/mol. The Kier molecular flexibility index (Phi) is 4.86. The van der Waals surface area contributed by atoms with E-state index in [9.17, 15) is 4.79 Å². The number of amides is 1. The van der Waals surface area contributed by atoms with E-state index in [1.165, 1.54) is 0 Å². The molecule has 1 fully saturated rings. The van der Waals surface area contributed by atoms with Crippen molar-refractivity contribution < 1.29 is 9.53 Å². The maximum atomic E-state index is 13.1. The van der Waals surface area contributed by atoms with Crippen molar-refractivity contribution in [3.05, 3.63) is 65.2 Å². The van der Waals surface area contributed by atoms with Gasteiger partial charge in [-0.05, 0) is 23.9 Å². The van der Waals surface area contributed by atoms with Crippen LogP contribution in [0.3, 0.4) is 0 Å². The van der Waals surface area contributed by atoms with Crippen molar-refractivity contribution >= 4 is 17.2 Å². The van der Waals surface area contributed by atoms with Crippen LogP contribution < -0.4 is 0 Å². The van der Waals surface area contributed by atoms with Gasteiger partial charge in [-0.2, -0.15) is 5.10 Å². The van der Waals surface area contributed by atoms with Crippen LogP contribution in [0.5, 0.6) is 0 Å². The van der Waals surface area contributed by atoms with Crippen LogP contribution in [0.25, 0.3) is 10.6 Å². The van der Waals surface area contributed by atoms with Gasteiger partial charge in [0.1, 0.15) is 5.69 Å². The Morgan fingerprint density at radius 2 is 2.12 bits per heavy atom. The van der Waals surface area contributed by atoms with Crippen LogP contribution in [0.15, 0.2) is 54.0 Å². The van der Waals surface area contributed by atoms with Crippen molar-refractivity contribution in [1.82, 2.24) is 14.7 Å². The second-order valence-corrected chi connectivity index (χ2v) is 7.43. The molecule has 1 aliphatic heterocycles. The predicted octanol–water partition coefficient (Wildman–Crippen LogP) is 3.52. The molecule has 5 nitrogen and oxygen atoms in total. The van der Waals surface area contributed by atoms with Crippen LogP contribution in [-0.2, 0) is 11.3 Å². The number of rotatable bonds is 4. The van der Waals surface area contributed by atoms with Crippen molar-refractivity contribution in [1.29, 1.82) is 0 Å². The summed E-state index contributed by atoms with van der Waals surface area (Å²) in [6.07, 6.45) is 1.95. The summed E-state index contributed by atoms with van der Waals surface area (Å²) in [5.41, 5.74) is 2.59. The van der Waals surface area contributed by atoms with Crippen LogP contribution in [0.4, 0.5) is 0 Å². The number of ether oxygens (including phenoxy) is 1. The summed E-state index contributed by atoms with van der Waals surface area (Å²) in [4.78, 5) is 16.0. The molecular weight excluding hydrogens is 346 g/mol. The van der Waals surface area contributed by atoms with E-state index >= 15 is 0 Å². The molecule has 1 unspecified atom stereocenters. The maximum absolute atomic E-state index is 13.1. The maximum Gasteiger partial charge on any atom is 0.257 e. The molecule has 1 amide bonds. The van der Waals surface area contributed by atoms with E-state index in [1.54, 1.807) is 11.3 Å². The molecule has 0 bridgehead atoms. The Labute approximate surface area is 156 Å². The molecule has 2 aromatic heterocycles. The van der Waals surface area contributed by atoms with Crippen molar-refractivity contribution in [3.63, 3.8) is 0 Å². The fourth-order valence-electron chi connectivity index (χ4n) is 3.20. The molecule has 3 heterocycles. The highest BCUT2D eigenvalue weighted by Gasteiger charge is 2.27. The number of morpholine rings is 1. The summed E-state index contributed by atoms with van der Waals surface area (Å²) in [6.45, 7) is 4.47. The van der Waals surface area contributed by atoms with Crippen molar-refractivity contribution in [3.8, 4) is 10.6 Å². The molecule has 26 heavy (non-hydrogen) atoms. The molecule has 1 aliphatic rings. The van der Waals surface area contributed by atoms with E-state index in [0.717, 1.165) is 16.1 Å². The van der Waals surface area contributed by atoms with Gasteiger partial charge in [-0.15, -0.1) is 11.3 Å². The number of hydrogen-bond acceptors (Lipinski definition) is 4. The Morgan fingerprint density at radius 3 is 2.85 bits per heavy atom. The summed E-state index contributed by atoms with van der Waals surface area (Å²) in [6, 6.07) is 14.2. The SMILES string of the molecule is CC1CN(C(=O)c2cn(Cc3ccccc3)nc2-c2cccs2)CCO1. The molecule has 0 N–H and O–H groups in total. The van der Waals surface area contributed by atoms with Gasteiger partial charge in [0.15, 0.2) is 0 Å². The van der Waals surface area contributed by atoms with E-state index in [1.807, 2.05) is 58.4 Å². The van der Waals surface area contributed by atoms with E-state index in [4.69, 9.17) is 9.84 Å². The molecule has 0 spiro atoms. The van der Waals surface area contributed by atoms with Crippen LogP contribution in [-0.4, -0.2) is 46.4 Å². The van der Waals surface area contributed by atoms with Gasteiger partial charge >= 0.3 is 0 Å². The number of nitrogens with zero attached hydrogens (tertiary/aromatic N) is 3. The normalized spacial score (nSPS) is 17.4. The minimum absolute atomic E-state index is 0.0304. The second-order valence-electron chi connectivity index (χ2n) is 6.48. The fourth-order valence-corrected chi connectivity index (χ4v) is 3.92. The highest BCUT2D eigenvalue weighted by atomic mass is 32.1. The second kappa shape index (κ2) is 7.43. The third-order valence-corrected chi connectivity index (χ3v) is 5.34. The van der Waals surface area contributed by atoms with Gasteiger partial charge in [-0.1, -0.05) is 36.4 Å². The zero-order valence-electron chi connectivity index (χ0n) is 14.7. The number of carbonyl (C=O) groups is 1. The van der Waals surface area contributed by atoms with Crippen LogP contribution in [0, 0.1) is 0 Å². The van der Waals surface area contributed by atoms with Crippen molar-refractivity contribution in [2.45, 2.75) is 19.6 Å². The molecule has 1 aromatic carbocycles. The number of thiophene rings is 1. The lowest BCUT2D eigenvalue weighted by Crippen LogP contribution is -2.44. The molecule has 1 saturated heterocycles. The first-order chi connectivity index (χ1) is 12.7. The molecule has 6 heteroatoms. The summed E-state index contributed by atoms with van der Waals surface area (Å²) in [5.74, 6) is 0.0304. The van der Waals surface area contributed by atoms with Gasteiger partial charge in [0.2, 0.25) is 0 Å². The Bertz CT molecular complexity index is 874. The smallest absolute Gasteiger partial charge is 0.257 e. The molecule has 0 radical (unpaired) electrons.